The Morgan fingerprint density at radius 3 is 2.50 bits per heavy atom. The highest BCUT2D eigenvalue weighted by molar-refractivity contribution is 5.80. The molecule has 126 valence electrons. The van der Waals surface area contributed by atoms with Gasteiger partial charge in [-0.05, 0) is 45.4 Å². The van der Waals surface area contributed by atoms with Crippen LogP contribution in [0.5, 0.6) is 0 Å². The van der Waals surface area contributed by atoms with Crippen LogP contribution in [0, 0.1) is 10.8 Å². The van der Waals surface area contributed by atoms with E-state index < -0.39 is 5.41 Å². The van der Waals surface area contributed by atoms with E-state index in [4.69, 9.17) is 4.84 Å². The van der Waals surface area contributed by atoms with Crippen molar-refractivity contribution >= 4 is 11.9 Å². The molecule has 0 N–H and O–H groups in total. The Bertz CT molecular complexity index is 440. The molecular formula is C17H30N2O3. The zero-order valence-electron chi connectivity index (χ0n) is 14.6. The molecule has 1 unspecified atom stereocenters. The van der Waals surface area contributed by atoms with Crippen molar-refractivity contribution in [2.75, 3.05) is 19.6 Å². The molecule has 0 spiro atoms. The number of hydrogen-bond donors (Lipinski definition) is 0. The van der Waals surface area contributed by atoms with E-state index in [1.165, 1.54) is 17.9 Å². The lowest BCUT2D eigenvalue weighted by atomic mass is 9.74. The van der Waals surface area contributed by atoms with E-state index in [2.05, 4.69) is 13.8 Å². The maximum absolute atomic E-state index is 12.4. The lowest BCUT2D eigenvalue weighted by molar-refractivity contribution is -0.209. The van der Waals surface area contributed by atoms with Crippen LogP contribution in [0.25, 0.3) is 0 Å². The van der Waals surface area contributed by atoms with Crippen LogP contribution >= 0.6 is 0 Å². The summed E-state index contributed by atoms with van der Waals surface area (Å²) in [6, 6.07) is 0.344. The Hall–Kier alpha value is -1.10. The Balaban J connectivity index is 1.90. The van der Waals surface area contributed by atoms with Gasteiger partial charge in [0.15, 0.2) is 0 Å². The Morgan fingerprint density at radius 2 is 1.95 bits per heavy atom. The van der Waals surface area contributed by atoms with Crippen LogP contribution in [0.4, 0.5) is 0 Å². The molecule has 1 saturated carbocycles. The number of piperazine rings is 1. The monoisotopic (exact) mass is 310 g/mol. The predicted molar refractivity (Wildman–Crippen MR) is 84.9 cm³/mol. The minimum absolute atomic E-state index is 0.0793. The van der Waals surface area contributed by atoms with Gasteiger partial charge in [0.1, 0.15) is 6.54 Å². The molecule has 1 aliphatic carbocycles. The molecule has 1 heterocycles. The first-order chi connectivity index (χ1) is 10.1. The summed E-state index contributed by atoms with van der Waals surface area (Å²) in [6.45, 7) is 11.4. The van der Waals surface area contributed by atoms with Gasteiger partial charge in [0, 0.05) is 12.6 Å². The van der Waals surface area contributed by atoms with E-state index in [0.29, 0.717) is 24.5 Å². The molecule has 0 bridgehead atoms. The first-order valence-electron chi connectivity index (χ1n) is 8.35. The van der Waals surface area contributed by atoms with E-state index in [0.717, 1.165) is 12.8 Å². The van der Waals surface area contributed by atoms with Gasteiger partial charge in [-0.15, -0.1) is 5.06 Å². The van der Waals surface area contributed by atoms with Crippen LogP contribution in [0.1, 0.15) is 60.3 Å². The van der Waals surface area contributed by atoms with Crippen molar-refractivity contribution < 1.29 is 14.4 Å². The number of carbonyl (C=O) groups is 2. The van der Waals surface area contributed by atoms with Gasteiger partial charge in [-0.25, -0.2) is 4.79 Å². The second kappa shape index (κ2) is 6.19. The SMILES string of the molecule is CC1(C)CCCC(N2CCN(OC(=O)C(C)(C)C)CC2=O)C1. The highest BCUT2D eigenvalue weighted by Gasteiger charge is 2.37. The van der Waals surface area contributed by atoms with Crippen molar-refractivity contribution in [3.63, 3.8) is 0 Å². The maximum atomic E-state index is 12.4. The second-order valence-corrected chi connectivity index (χ2v) is 8.49. The van der Waals surface area contributed by atoms with Crippen molar-refractivity contribution in [1.82, 2.24) is 9.96 Å². The van der Waals surface area contributed by atoms with Crippen LogP contribution in [0.3, 0.4) is 0 Å². The highest BCUT2D eigenvalue weighted by Crippen LogP contribution is 2.37. The van der Waals surface area contributed by atoms with Gasteiger partial charge in [-0.1, -0.05) is 20.3 Å². The Morgan fingerprint density at radius 1 is 1.27 bits per heavy atom. The predicted octanol–water partition coefficient (Wildman–Crippen LogP) is 2.60. The summed E-state index contributed by atoms with van der Waals surface area (Å²) in [5, 5.41) is 1.51. The van der Waals surface area contributed by atoms with Gasteiger partial charge >= 0.3 is 5.97 Å². The molecule has 5 nitrogen and oxygen atoms in total. The fourth-order valence-corrected chi connectivity index (χ4v) is 3.31. The van der Waals surface area contributed by atoms with Crippen LogP contribution in [0.15, 0.2) is 0 Å². The van der Waals surface area contributed by atoms with E-state index >= 15 is 0 Å². The van der Waals surface area contributed by atoms with Crippen LogP contribution in [-0.4, -0.2) is 47.5 Å². The summed E-state index contributed by atoms with van der Waals surface area (Å²) in [4.78, 5) is 31.7. The van der Waals surface area contributed by atoms with Crippen molar-refractivity contribution in [3.05, 3.63) is 0 Å². The van der Waals surface area contributed by atoms with Gasteiger partial charge < -0.3 is 9.74 Å². The van der Waals surface area contributed by atoms with Gasteiger partial charge in [0.2, 0.25) is 5.91 Å². The zero-order chi connectivity index (χ0) is 16.5. The molecule has 0 aromatic carbocycles. The fourth-order valence-electron chi connectivity index (χ4n) is 3.31. The van der Waals surface area contributed by atoms with Crippen molar-refractivity contribution in [3.8, 4) is 0 Å². The third-order valence-corrected chi connectivity index (χ3v) is 4.67. The summed E-state index contributed by atoms with van der Waals surface area (Å²) in [5.41, 5.74) is -0.230. The van der Waals surface area contributed by atoms with E-state index in [-0.39, 0.29) is 18.4 Å². The molecule has 0 aromatic rings. The molecule has 2 fully saturated rings. The van der Waals surface area contributed by atoms with Crippen molar-refractivity contribution in [2.24, 2.45) is 10.8 Å². The number of nitrogens with zero attached hydrogens (tertiary/aromatic N) is 2. The summed E-state index contributed by atoms with van der Waals surface area (Å²) in [6.07, 6.45) is 4.59. The normalized spacial score (nSPS) is 26.9. The highest BCUT2D eigenvalue weighted by atomic mass is 16.7. The van der Waals surface area contributed by atoms with Crippen LogP contribution in [0.2, 0.25) is 0 Å². The van der Waals surface area contributed by atoms with E-state index in [1.54, 1.807) is 0 Å². The van der Waals surface area contributed by atoms with E-state index in [1.807, 2.05) is 25.7 Å². The molecule has 1 saturated heterocycles. The summed E-state index contributed by atoms with van der Waals surface area (Å²) in [7, 11) is 0. The minimum atomic E-state index is -0.548. The zero-order valence-corrected chi connectivity index (χ0v) is 14.6. The van der Waals surface area contributed by atoms with Crippen molar-refractivity contribution in [1.29, 1.82) is 0 Å². The standard InChI is InChI=1S/C17H30N2O3/c1-16(2,3)15(21)22-18-9-10-19(14(20)12-18)13-7-6-8-17(4,5)11-13/h13H,6-12H2,1-5H3. The molecule has 0 aromatic heterocycles. The quantitative estimate of drug-likeness (QED) is 0.786. The van der Waals surface area contributed by atoms with Crippen LogP contribution in [-0.2, 0) is 14.4 Å². The lowest BCUT2D eigenvalue weighted by Crippen LogP contribution is -2.56. The second-order valence-electron chi connectivity index (χ2n) is 8.49. The van der Waals surface area contributed by atoms with Gasteiger partial charge in [-0.3, -0.25) is 4.79 Å². The minimum Gasteiger partial charge on any atom is -0.367 e. The largest absolute Gasteiger partial charge is 0.367 e. The maximum Gasteiger partial charge on any atom is 0.330 e. The Labute approximate surface area is 133 Å². The third kappa shape index (κ3) is 4.22. The first-order valence-corrected chi connectivity index (χ1v) is 8.35. The smallest absolute Gasteiger partial charge is 0.330 e. The third-order valence-electron chi connectivity index (χ3n) is 4.67. The average Bonchev–Trinajstić information content (AvgIpc) is 2.36. The molecule has 2 aliphatic rings. The summed E-state index contributed by atoms with van der Waals surface area (Å²) < 4.78 is 0. The lowest BCUT2D eigenvalue weighted by Gasteiger charge is -2.44. The molecule has 5 heteroatoms. The number of carbonyl (C=O) groups excluding carboxylic acids is 2. The molecule has 2 rings (SSSR count). The van der Waals surface area contributed by atoms with E-state index in [9.17, 15) is 9.59 Å². The molecular weight excluding hydrogens is 280 g/mol. The van der Waals surface area contributed by atoms with Crippen LogP contribution < -0.4 is 0 Å². The number of amides is 1. The summed E-state index contributed by atoms with van der Waals surface area (Å²) >= 11 is 0. The van der Waals surface area contributed by atoms with Crippen molar-refractivity contribution in [2.45, 2.75) is 66.3 Å². The molecule has 1 aliphatic heterocycles. The number of rotatable bonds is 2. The Kier molecular flexibility index (Phi) is 4.85. The first kappa shape index (κ1) is 17.3. The molecule has 1 amide bonds. The molecule has 1 atom stereocenters. The topological polar surface area (TPSA) is 49.9 Å². The fraction of sp³-hybridized carbons (Fsp3) is 0.882. The van der Waals surface area contributed by atoms with Gasteiger partial charge in [0.25, 0.3) is 0 Å². The molecule has 22 heavy (non-hydrogen) atoms. The average molecular weight is 310 g/mol. The molecule has 0 radical (unpaired) electrons. The number of hydroxylamine groups is 2. The number of hydrogen-bond acceptors (Lipinski definition) is 4. The van der Waals surface area contributed by atoms with Gasteiger partial charge in [0.05, 0.1) is 12.0 Å². The van der Waals surface area contributed by atoms with Gasteiger partial charge in [-0.2, -0.15) is 0 Å². The summed E-state index contributed by atoms with van der Waals surface area (Å²) in [5.74, 6) is -0.205.